The van der Waals surface area contributed by atoms with Gasteiger partial charge in [0.1, 0.15) is 0 Å². The molecule has 1 aliphatic rings. The molecule has 3 aromatic rings. The third-order valence-electron chi connectivity index (χ3n) is 5.78. The molecule has 7 nitrogen and oxygen atoms in total. The van der Waals surface area contributed by atoms with Gasteiger partial charge in [0.2, 0.25) is 5.89 Å². The summed E-state index contributed by atoms with van der Waals surface area (Å²) >= 11 is 0. The van der Waals surface area contributed by atoms with Crippen LogP contribution in [0.5, 0.6) is 0 Å². The molecule has 0 radical (unpaired) electrons. The number of aliphatic imine (C=N–C) groups is 1. The van der Waals surface area contributed by atoms with Crippen molar-refractivity contribution in [3.8, 4) is 0 Å². The largest absolute Gasteiger partial charge is 0.356 e. The highest BCUT2D eigenvalue weighted by Gasteiger charge is 2.20. The molecule has 1 aliphatic heterocycles. The van der Waals surface area contributed by atoms with E-state index in [0.29, 0.717) is 12.3 Å². The monoisotopic (exact) mass is 420 g/mol. The number of nitrogens with one attached hydrogen (secondary N) is 1. The van der Waals surface area contributed by atoms with Crippen LogP contribution in [0.1, 0.15) is 37.0 Å². The fraction of sp³-hybridized carbons (Fsp3) is 0.458. The van der Waals surface area contributed by atoms with E-state index in [2.05, 4.69) is 86.6 Å². The van der Waals surface area contributed by atoms with E-state index < -0.39 is 0 Å². The van der Waals surface area contributed by atoms with Crippen LogP contribution in [-0.4, -0.2) is 65.7 Å². The zero-order chi connectivity index (χ0) is 21.6. The summed E-state index contributed by atoms with van der Waals surface area (Å²) < 4.78 is 5.33. The molecule has 1 fully saturated rings. The fourth-order valence-electron chi connectivity index (χ4n) is 4.01. The van der Waals surface area contributed by atoms with Crippen LogP contribution in [0.25, 0.3) is 10.8 Å². The molecule has 0 saturated carbocycles. The standard InChI is InChI=1S/C24H32N6O/c1-18(2)23-27-22(31-28-23)11-12-26-24(25-3)30-15-13-29(14-16-30)17-20-9-6-8-19-7-4-5-10-21(19)20/h4-10,18H,11-17H2,1-3H3,(H,25,26). The Morgan fingerprint density at radius 1 is 1.10 bits per heavy atom. The Labute approximate surface area is 184 Å². The number of nitrogens with zero attached hydrogens (tertiary/aromatic N) is 5. The van der Waals surface area contributed by atoms with Crippen molar-refractivity contribution in [3.63, 3.8) is 0 Å². The molecule has 1 N–H and O–H groups in total. The topological polar surface area (TPSA) is 69.8 Å². The predicted molar refractivity (Wildman–Crippen MR) is 124 cm³/mol. The Morgan fingerprint density at radius 2 is 1.87 bits per heavy atom. The van der Waals surface area contributed by atoms with Crippen molar-refractivity contribution < 1.29 is 4.52 Å². The van der Waals surface area contributed by atoms with Crippen LogP contribution in [0.2, 0.25) is 0 Å². The van der Waals surface area contributed by atoms with Crippen LogP contribution in [0.15, 0.2) is 52.0 Å². The molecule has 0 amide bonds. The summed E-state index contributed by atoms with van der Waals surface area (Å²) in [6.45, 7) is 9.80. The number of aromatic nitrogens is 2. The molecule has 0 unspecified atom stereocenters. The molecule has 2 heterocycles. The van der Waals surface area contributed by atoms with Gasteiger partial charge >= 0.3 is 0 Å². The first-order valence-electron chi connectivity index (χ1n) is 11.1. The maximum Gasteiger partial charge on any atom is 0.228 e. The lowest BCUT2D eigenvalue weighted by Crippen LogP contribution is -2.52. The molecule has 1 aromatic heterocycles. The van der Waals surface area contributed by atoms with Gasteiger partial charge in [-0.1, -0.05) is 61.5 Å². The Balaban J connectivity index is 1.27. The lowest BCUT2D eigenvalue weighted by Gasteiger charge is -2.36. The third-order valence-corrected chi connectivity index (χ3v) is 5.78. The van der Waals surface area contributed by atoms with Crippen molar-refractivity contribution in [2.75, 3.05) is 39.8 Å². The number of fused-ring (bicyclic) bond motifs is 1. The predicted octanol–water partition coefficient (Wildman–Crippen LogP) is 3.28. The van der Waals surface area contributed by atoms with Gasteiger partial charge in [-0.2, -0.15) is 4.98 Å². The van der Waals surface area contributed by atoms with E-state index in [4.69, 9.17) is 4.52 Å². The van der Waals surface area contributed by atoms with Gasteiger partial charge < -0.3 is 14.7 Å². The van der Waals surface area contributed by atoms with E-state index in [9.17, 15) is 0 Å². The highest BCUT2D eigenvalue weighted by Crippen LogP contribution is 2.20. The Morgan fingerprint density at radius 3 is 2.61 bits per heavy atom. The highest BCUT2D eigenvalue weighted by atomic mass is 16.5. The average Bonchev–Trinajstić information content (AvgIpc) is 3.27. The number of rotatable bonds is 6. The van der Waals surface area contributed by atoms with Crippen LogP contribution in [0, 0.1) is 0 Å². The SMILES string of the molecule is CN=C(NCCc1nc(C(C)C)no1)N1CCN(Cc2cccc3ccccc23)CC1. The van der Waals surface area contributed by atoms with Gasteiger partial charge in [-0.15, -0.1) is 0 Å². The van der Waals surface area contributed by atoms with Crippen LogP contribution in [0.3, 0.4) is 0 Å². The molecular weight excluding hydrogens is 388 g/mol. The molecular formula is C24H32N6O. The molecule has 7 heteroatoms. The molecule has 164 valence electrons. The Kier molecular flexibility index (Phi) is 6.82. The first-order chi connectivity index (χ1) is 15.1. The molecule has 4 rings (SSSR count). The number of guanidine groups is 1. The summed E-state index contributed by atoms with van der Waals surface area (Å²) in [4.78, 5) is 13.8. The molecule has 2 aromatic carbocycles. The minimum Gasteiger partial charge on any atom is -0.356 e. The lowest BCUT2D eigenvalue weighted by molar-refractivity contribution is 0.173. The average molecular weight is 421 g/mol. The first-order valence-corrected chi connectivity index (χ1v) is 11.1. The van der Waals surface area contributed by atoms with Crippen LogP contribution < -0.4 is 5.32 Å². The fourth-order valence-corrected chi connectivity index (χ4v) is 4.01. The van der Waals surface area contributed by atoms with E-state index in [0.717, 1.165) is 51.1 Å². The minimum atomic E-state index is 0.281. The first kappa shape index (κ1) is 21.3. The second kappa shape index (κ2) is 9.92. The van der Waals surface area contributed by atoms with Crippen LogP contribution in [-0.2, 0) is 13.0 Å². The summed E-state index contributed by atoms with van der Waals surface area (Å²) in [6.07, 6.45) is 0.694. The molecule has 0 spiro atoms. The van der Waals surface area contributed by atoms with Gasteiger partial charge in [-0.05, 0) is 16.3 Å². The number of benzene rings is 2. The van der Waals surface area contributed by atoms with Gasteiger partial charge in [0.15, 0.2) is 11.8 Å². The van der Waals surface area contributed by atoms with E-state index in [1.165, 1.54) is 16.3 Å². The second-order valence-electron chi connectivity index (χ2n) is 8.33. The van der Waals surface area contributed by atoms with Gasteiger partial charge in [0, 0.05) is 58.7 Å². The quantitative estimate of drug-likeness (QED) is 0.488. The summed E-state index contributed by atoms with van der Waals surface area (Å²) in [7, 11) is 1.84. The highest BCUT2D eigenvalue weighted by molar-refractivity contribution is 5.85. The van der Waals surface area contributed by atoms with E-state index in [1.807, 2.05) is 7.05 Å². The molecule has 0 atom stereocenters. The van der Waals surface area contributed by atoms with E-state index >= 15 is 0 Å². The van der Waals surface area contributed by atoms with Crippen molar-refractivity contribution in [3.05, 3.63) is 59.7 Å². The number of piperazine rings is 1. The summed E-state index contributed by atoms with van der Waals surface area (Å²) in [5.74, 6) is 2.66. The van der Waals surface area contributed by atoms with Crippen molar-refractivity contribution in [2.45, 2.75) is 32.7 Å². The summed E-state index contributed by atoms with van der Waals surface area (Å²) in [5.41, 5.74) is 1.40. The zero-order valence-corrected chi connectivity index (χ0v) is 18.7. The lowest BCUT2D eigenvalue weighted by atomic mass is 10.0. The Hall–Kier alpha value is -2.93. The zero-order valence-electron chi connectivity index (χ0n) is 18.7. The maximum atomic E-state index is 5.33. The van der Waals surface area contributed by atoms with Crippen molar-refractivity contribution >= 4 is 16.7 Å². The van der Waals surface area contributed by atoms with E-state index in [1.54, 1.807) is 0 Å². The Bertz CT molecular complexity index is 1010. The van der Waals surface area contributed by atoms with Crippen LogP contribution >= 0.6 is 0 Å². The van der Waals surface area contributed by atoms with Gasteiger partial charge in [-0.25, -0.2) is 0 Å². The normalized spacial score (nSPS) is 15.7. The smallest absolute Gasteiger partial charge is 0.228 e. The van der Waals surface area contributed by atoms with Gasteiger partial charge in [0.05, 0.1) is 0 Å². The second-order valence-corrected chi connectivity index (χ2v) is 8.33. The van der Waals surface area contributed by atoms with Gasteiger partial charge in [-0.3, -0.25) is 9.89 Å². The van der Waals surface area contributed by atoms with Crippen molar-refractivity contribution in [1.29, 1.82) is 0 Å². The molecule has 0 aliphatic carbocycles. The van der Waals surface area contributed by atoms with Crippen molar-refractivity contribution in [1.82, 2.24) is 25.3 Å². The molecule has 31 heavy (non-hydrogen) atoms. The summed E-state index contributed by atoms with van der Waals surface area (Å²) in [5, 5.41) is 10.1. The molecule has 1 saturated heterocycles. The maximum absolute atomic E-state index is 5.33. The van der Waals surface area contributed by atoms with Crippen LogP contribution in [0.4, 0.5) is 0 Å². The third kappa shape index (κ3) is 5.22. The number of hydrogen-bond acceptors (Lipinski definition) is 5. The summed E-state index contributed by atoms with van der Waals surface area (Å²) in [6, 6.07) is 15.2. The van der Waals surface area contributed by atoms with Crippen molar-refractivity contribution in [2.24, 2.45) is 4.99 Å². The van der Waals surface area contributed by atoms with E-state index in [-0.39, 0.29) is 5.92 Å². The number of hydrogen-bond donors (Lipinski definition) is 1. The molecule has 0 bridgehead atoms. The minimum absolute atomic E-state index is 0.281. The van der Waals surface area contributed by atoms with Gasteiger partial charge in [0.25, 0.3) is 0 Å².